The molecule has 180 valence electrons. The minimum absolute atomic E-state index is 0.0639. The van der Waals surface area contributed by atoms with Gasteiger partial charge in [-0.05, 0) is 36.8 Å². The Kier molecular flexibility index (Phi) is 8.94. The molecule has 0 saturated carbocycles. The van der Waals surface area contributed by atoms with Crippen LogP contribution in [0.5, 0.6) is 5.75 Å². The van der Waals surface area contributed by atoms with Crippen molar-refractivity contribution in [1.29, 1.82) is 0 Å². The number of thioether (sulfide) groups is 1. The van der Waals surface area contributed by atoms with Crippen LogP contribution in [0.15, 0.2) is 69.1 Å². The molecule has 0 saturated heterocycles. The van der Waals surface area contributed by atoms with Crippen LogP contribution in [0, 0.1) is 0 Å². The molecular formula is C24H28N4O5S. The zero-order valence-electron chi connectivity index (χ0n) is 19.2. The van der Waals surface area contributed by atoms with Crippen molar-refractivity contribution in [2.75, 3.05) is 43.3 Å². The second-order valence-corrected chi connectivity index (χ2v) is 8.34. The first-order chi connectivity index (χ1) is 16.4. The zero-order chi connectivity index (χ0) is 24.5. The van der Waals surface area contributed by atoms with Gasteiger partial charge in [-0.3, -0.25) is 19.1 Å². The molecule has 0 aliphatic heterocycles. The second kappa shape index (κ2) is 12.1. The molecule has 0 radical (unpaired) electrons. The van der Waals surface area contributed by atoms with E-state index in [9.17, 15) is 14.4 Å². The average Bonchev–Trinajstić information content (AvgIpc) is 2.84. The SMILES string of the molecule is CCOc1ccc(SCC(=O)N(CCOC)c2c(N)n(Cc3ccccc3)c(=O)[nH]c2=O)cc1. The van der Waals surface area contributed by atoms with Crippen LogP contribution in [-0.2, 0) is 16.1 Å². The quantitative estimate of drug-likeness (QED) is 0.401. The topological polar surface area (TPSA) is 120 Å². The van der Waals surface area contributed by atoms with E-state index in [0.717, 1.165) is 16.2 Å². The Labute approximate surface area is 201 Å². The normalized spacial score (nSPS) is 10.8. The molecule has 0 spiro atoms. The first-order valence-corrected chi connectivity index (χ1v) is 11.7. The van der Waals surface area contributed by atoms with Crippen molar-refractivity contribution in [3.8, 4) is 5.75 Å². The fourth-order valence-electron chi connectivity index (χ4n) is 3.33. The Hall–Kier alpha value is -3.50. The number of aromatic amines is 1. The van der Waals surface area contributed by atoms with E-state index in [1.165, 1.54) is 28.3 Å². The van der Waals surface area contributed by atoms with Crippen LogP contribution < -0.4 is 26.6 Å². The third kappa shape index (κ3) is 6.30. The number of carbonyl (C=O) groups excluding carboxylic acids is 1. The summed E-state index contributed by atoms with van der Waals surface area (Å²) >= 11 is 1.32. The largest absolute Gasteiger partial charge is 0.494 e. The maximum Gasteiger partial charge on any atom is 0.330 e. The van der Waals surface area contributed by atoms with Crippen LogP contribution in [0.25, 0.3) is 0 Å². The molecule has 10 heteroatoms. The Morgan fingerprint density at radius 1 is 1.12 bits per heavy atom. The molecule has 34 heavy (non-hydrogen) atoms. The maximum absolute atomic E-state index is 13.2. The van der Waals surface area contributed by atoms with Gasteiger partial charge in [0.2, 0.25) is 5.91 Å². The predicted octanol–water partition coefficient (Wildman–Crippen LogP) is 2.34. The lowest BCUT2D eigenvalue weighted by molar-refractivity contribution is -0.116. The molecule has 9 nitrogen and oxygen atoms in total. The van der Waals surface area contributed by atoms with E-state index >= 15 is 0 Å². The molecule has 0 fully saturated rings. The predicted molar refractivity (Wildman–Crippen MR) is 134 cm³/mol. The molecule has 1 aromatic heterocycles. The molecule has 0 aliphatic carbocycles. The summed E-state index contributed by atoms with van der Waals surface area (Å²) in [5.74, 6) is 0.403. The molecule has 3 aromatic rings. The maximum atomic E-state index is 13.2. The van der Waals surface area contributed by atoms with Gasteiger partial charge in [-0.1, -0.05) is 30.3 Å². The third-order valence-corrected chi connectivity index (χ3v) is 5.98. The van der Waals surface area contributed by atoms with Gasteiger partial charge in [-0.2, -0.15) is 0 Å². The number of aromatic nitrogens is 2. The van der Waals surface area contributed by atoms with Crippen molar-refractivity contribution in [2.24, 2.45) is 0 Å². The number of benzene rings is 2. The Morgan fingerprint density at radius 2 is 1.82 bits per heavy atom. The monoisotopic (exact) mass is 484 g/mol. The fourth-order valence-corrected chi connectivity index (χ4v) is 4.10. The molecule has 0 bridgehead atoms. The summed E-state index contributed by atoms with van der Waals surface area (Å²) in [4.78, 5) is 42.9. The summed E-state index contributed by atoms with van der Waals surface area (Å²) < 4.78 is 11.8. The first kappa shape index (κ1) is 25.1. The Balaban J connectivity index is 1.87. The van der Waals surface area contributed by atoms with Gasteiger partial charge >= 0.3 is 5.69 Å². The minimum Gasteiger partial charge on any atom is -0.494 e. The number of nitrogens with one attached hydrogen (secondary N) is 1. The number of anilines is 2. The van der Waals surface area contributed by atoms with Gasteiger partial charge in [0.05, 0.1) is 25.5 Å². The summed E-state index contributed by atoms with van der Waals surface area (Å²) in [7, 11) is 1.50. The standard InChI is InChI=1S/C24H28N4O5S/c1-3-33-18-9-11-19(12-10-18)34-16-20(29)27(13-14-32-2)21-22(25)28(24(31)26-23(21)30)15-17-7-5-4-6-8-17/h4-12H,3,13-16,25H2,1-2H3,(H,26,30,31). The van der Waals surface area contributed by atoms with Gasteiger partial charge in [-0.25, -0.2) is 4.79 Å². The molecular weight excluding hydrogens is 456 g/mol. The number of H-pyrrole nitrogens is 1. The van der Waals surface area contributed by atoms with Crippen LogP contribution in [0.4, 0.5) is 11.5 Å². The third-order valence-electron chi connectivity index (χ3n) is 4.98. The van der Waals surface area contributed by atoms with Crippen LogP contribution in [0.2, 0.25) is 0 Å². The number of nitrogens with two attached hydrogens (primary N) is 1. The summed E-state index contributed by atoms with van der Waals surface area (Å²) in [6.07, 6.45) is 0. The van der Waals surface area contributed by atoms with Gasteiger partial charge in [0, 0.05) is 18.6 Å². The number of hydrogen-bond donors (Lipinski definition) is 2. The Morgan fingerprint density at radius 3 is 2.47 bits per heavy atom. The van der Waals surface area contributed by atoms with Gasteiger partial charge in [0.15, 0.2) is 5.69 Å². The van der Waals surface area contributed by atoms with E-state index in [2.05, 4.69) is 4.98 Å². The molecule has 1 heterocycles. The average molecular weight is 485 g/mol. The molecule has 3 rings (SSSR count). The van der Waals surface area contributed by atoms with Gasteiger partial charge < -0.3 is 20.1 Å². The van der Waals surface area contributed by atoms with Crippen LogP contribution in [0.3, 0.4) is 0 Å². The van der Waals surface area contributed by atoms with Gasteiger partial charge in [0.1, 0.15) is 11.6 Å². The molecule has 2 aromatic carbocycles. The van der Waals surface area contributed by atoms with E-state index in [0.29, 0.717) is 6.61 Å². The summed E-state index contributed by atoms with van der Waals surface area (Å²) in [6, 6.07) is 16.6. The minimum atomic E-state index is -0.720. The number of methoxy groups -OCH3 is 1. The summed E-state index contributed by atoms with van der Waals surface area (Å²) in [5, 5.41) is 0. The highest BCUT2D eigenvalue weighted by atomic mass is 32.2. The highest BCUT2D eigenvalue weighted by Crippen LogP contribution is 2.24. The zero-order valence-corrected chi connectivity index (χ0v) is 20.0. The number of amides is 1. The first-order valence-electron chi connectivity index (χ1n) is 10.8. The van der Waals surface area contributed by atoms with Crippen LogP contribution in [-0.4, -0.2) is 48.1 Å². The highest BCUT2D eigenvalue weighted by Gasteiger charge is 2.24. The number of ether oxygens (including phenoxy) is 2. The lowest BCUT2D eigenvalue weighted by atomic mass is 10.2. The Bertz CT molecular complexity index is 1210. The molecule has 1 amide bonds. The van der Waals surface area contributed by atoms with Crippen molar-refractivity contribution in [3.63, 3.8) is 0 Å². The van der Waals surface area contributed by atoms with E-state index in [4.69, 9.17) is 15.2 Å². The van der Waals surface area contributed by atoms with E-state index in [1.54, 1.807) is 0 Å². The smallest absolute Gasteiger partial charge is 0.330 e. The lowest BCUT2D eigenvalue weighted by Crippen LogP contribution is -2.43. The highest BCUT2D eigenvalue weighted by molar-refractivity contribution is 8.00. The molecule has 0 unspecified atom stereocenters. The molecule has 0 atom stereocenters. The van der Waals surface area contributed by atoms with Crippen LogP contribution in [0.1, 0.15) is 12.5 Å². The second-order valence-electron chi connectivity index (χ2n) is 7.30. The lowest BCUT2D eigenvalue weighted by Gasteiger charge is -2.24. The molecule has 3 N–H and O–H groups in total. The van der Waals surface area contributed by atoms with Crippen molar-refractivity contribution >= 4 is 29.2 Å². The van der Waals surface area contributed by atoms with E-state index in [-0.39, 0.29) is 42.9 Å². The number of nitrogens with zero attached hydrogens (tertiary/aromatic N) is 2. The van der Waals surface area contributed by atoms with Gasteiger partial charge in [-0.15, -0.1) is 11.8 Å². The van der Waals surface area contributed by atoms with E-state index < -0.39 is 11.2 Å². The van der Waals surface area contributed by atoms with Gasteiger partial charge in [0.25, 0.3) is 5.56 Å². The van der Waals surface area contributed by atoms with Crippen molar-refractivity contribution in [1.82, 2.24) is 9.55 Å². The number of hydrogen-bond acceptors (Lipinski definition) is 7. The van der Waals surface area contributed by atoms with E-state index in [1.807, 2.05) is 61.5 Å². The summed E-state index contributed by atoms with van der Waals surface area (Å²) in [6.45, 7) is 2.93. The fraction of sp³-hybridized carbons (Fsp3) is 0.292. The number of rotatable bonds is 11. The number of carbonyl (C=O) groups is 1. The van der Waals surface area contributed by atoms with Crippen molar-refractivity contribution in [2.45, 2.75) is 18.4 Å². The van der Waals surface area contributed by atoms with Crippen molar-refractivity contribution < 1.29 is 14.3 Å². The number of nitrogen functional groups attached to an aromatic ring is 1. The molecule has 0 aliphatic rings. The van der Waals surface area contributed by atoms with Crippen LogP contribution >= 0.6 is 11.8 Å². The summed E-state index contributed by atoms with van der Waals surface area (Å²) in [5.41, 5.74) is 5.69. The van der Waals surface area contributed by atoms with Crippen molar-refractivity contribution in [3.05, 3.63) is 81.0 Å².